The molecule has 2 aromatic carbocycles. The zero-order valence-corrected chi connectivity index (χ0v) is 13.9. The van der Waals surface area contributed by atoms with Crippen molar-refractivity contribution in [1.29, 1.82) is 0 Å². The van der Waals surface area contributed by atoms with Crippen LogP contribution in [0.5, 0.6) is 0 Å². The molecule has 0 spiro atoms. The highest BCUT2D eigenvalue weighted by molar-refractivity contribution is 7.89. The molecule has 1 N–H and O–H groups in total. The van der Waals surface area contributed by atoms with Crippen molar-refractivity contribution in [1.82, 2.24) is 4.31 Å². The molecule has 0 aromatic heterocycles. The van der Waals surface area contributed by atoms with Crippen molar-refractivity contribution in [3.63, 3.8) is 0 Å². The molecule has 0 amide bonds. The second-order valence-electron chi connectivity index (χ2n) is 6.07. The first kappa shape index (κ1) is 16.2. The molecular weight excluding hydrogens is 310 g/mol. The maximum atomic E-state index is 12.9. The first-order valence-corrected chi connectivity index (χ1v) is 9.20. The second kappa shape index (κ2) is 6.43. The third kappa shape index (κ3) is 3.17. The average molecular weight is 331 g/mol. The summed E-state index contributed by atoms with van der Waals surface area (Å²) < 4.78 is 27.3. The Morgan fingerprint density at radius 3 is 2.35 bits per heavy atom. The molecular formula is C18H21NO3S. The summed E-state index contributed by atoms with van der Waals surface area (Å²) in [6, 6.07) is 16.4. The highest BCUT2D eigenvalue weighted by Gasteiger charge is 2.40. The van der Waals surface area contributed by atoms with Gasteiger partial charge in [-0.2, -0.15) is 4.31 Å². The Kier molecular flexibility index (Phi) is 4.53. The molecule has 2 atom stereocenters. The number of aliphatic hydroxyl groups excluding tert-OH is 1. The monoisotopic (exact) mass is 331 g/mol. The molecule has 0 unspecified atom stereocenters. The van der Waals surface area contributed by atoms with Crippen LogP contribution in [0.2, 0.25) is 0 Å². The minimum atomic E-state index is -3.58. The highest BCUT2D eigenvalue weighted by Crippen LogP contribution is 2.35. The maximum absolute atomic E-state index is 12.9. The Balaban J connectivity index is 1.90. The van der Waals surface area contributed by atoms with E-state index in [1.54, 1.807) is 24.3 Å². The molecule has 1 heterocycles. The van der Waals surface area contributed by atoms with E-state index in [2.05, 4.69) is 0 Å². The topological polar surface area (TPSA) is 57.6 Å². The van der Waals surface area contributed by atoms with Crippen molar-refractivity contribution >= 4 is 10.0 Å². The Morgan fingerprint density at radius 2 is 1.74 bits per heavy atom. The number of rotatable bonds is 4. The van der Waals surface area contributed by atoms with Gasteiger partial charge < -0.3 is 5.11 Å². The number of aliphatic hydroxyl groups is 1. The Hall–Kier alpha value is -1.69. The van der Waals surface area contributed by atoms with Crippen LogP contribution in [0, 0.1) is 6.92 Å². The number of hydrogen-bond donors (Lipinski definition) is 1. The highest BCUT2D eigenvalue weighted by atomic mass is 32.2. The molecule has 4 nitrogen and oxygen atoms in total. The second-order valence-corrected chi connectivity index (χ2v) is 7.96. The first-order chi connectivity index (χ1) is 11.0. The van der Waals surface area contributed by atoms with E-state index in [0.29, 0.717) is 13.0 Å². The van der Waals surface area contributed by atoms with Crippen LogP contribution in [0.1, 0.15) is 23.5 Å². The minimum absolute atomic E-state index is 0.119. The SMILES string of the molecule is Cc1ccc(S(=O)(=O)N2C[C@@H](c3ccccc3)C[C@@H]2CO)cc1. The minimum Gasteiger partial charge on any atom is -0.395 e. The van der Waals surface area contributed by atoms with Gasteiger partial charge in [-0.25, -0.2) is 8.42 Å². The summed E-state index contributed by atoms with van der Waals surface area (Å²) in [5.74, 6) is 0.119. The molecule has 1 aliphatic heterocycles. The van der Waals surface area contributed by atoms with E-state index in [1.807, 2.05) is 37.3 Å². The third-order valence-corrected chi connectivity index (χ3v) is 6.41. The normalized spacial score (nSPS) is 22.3. The summed E-state index contributed by atoms with van der Waals surface area (Å²) in [6.45, 7) is 2.17. The van der Waals surface area contributed by atoms with Gasteiger partial charge in [-0.1, -0.05) is 48.0 Å². The summed E-state index contributed by atoms with van der Waals surface area (Å²) in [7, 11) is -3.58. The van der Waals surface area contributed by atoms with Crippen LogP contribution in [0.15, 0.2) is 59.5 Å². The Morgan fingerprint density at radius 1 is 1.09 bits per heavy atom. The lowest BCUT2D eigenvalue weighted by Crippen LogP contribution is -2.37. The molecule has 3 rings (SSSR count). The van der Waals surface area contributed by atoms with E-state index in [-0.39, 0.29) is 23.5 Å². The van der Waals surface area contributed by atoms with Gasteiger partial charge in [0.15, 0.2) is 0 Å². The molecule has 0 aliphatic carbocycles. The fourth-order valence-corrected chi connectivity index (χ4v) is 4.83. The average Bonchev–Trinajstić information content (AvgIpc) is 3.01. The maximum Gasteiger partial charge on any atom is 0.243 e. The standard InChI is InChI=1S/C18H21NO3S/c1-14-7-9-18(10-8-14)23(21,22)19-12-16(11-17(19)13-20)15-5-3-2-4-6-15/h2-10,16-17,20H,11-13H2,1H3/t16-,17+/m0/s1. The summed E-state index contributed by atoms with van der Waals surface area (Å²) in [6.07, 6.45) is 0.644. The smallest absolute Gasteiger partial charge is 0.243 e. The van der Waals surface area contributed by atoms with Gasteiger partial charge in [0.05, 0.1) is 11.5 Å². The van der Waals surface area contributed by atoms with Gasteiger partial charge >= 0.3 is 0 Å². The van der Waals surface area contributed by atoms with Crippen LogP contribution in [0.3, 0.4) is 0 Å². The molecule has 0 bridgehead atoms. The molecule has 1 fully saturated rings. The van der Waals surface area contributed by atoms with Gasteiger partial charge in [0.1, 0.15) is 0 Å². The fraction of sp³-hybridized carbons (Fsp3) is 0.333. The summed E-state index contributed by atoms with van der Waals surface area (Å²) in [5.41, 5.74) is 2.14. The van der Waals surface area contributed by atoms with Crippen molar-refractivity contribution in [2.45, 2.75) is 30.2 Å². The molecule has 0 saturated carbocycles. The number of hydrogen-bond acceptors (Lipinski definition) is 3. The molecule has 122 valence electrons. The largest absolute Gasteiger partial charge is 0.395 e. The molecule has 1 aliphatic rings. The van der Waals surface area contributed by atoms with Gasteiger partial charge in [-0.15, -0.1) is 0 Å². The lowest BCUT2D eigenvalue weighted by atomic mass is 9.97. The predicted octanol–water partition coefficient (Wildman–Crippen LogP) is 2.53. The van der Waals surface area contributed by atoms with Crippen molar-refractivity contribution < 1.29 is 13.5 Å². The van der Waals surface area contributed by atoms with Gasteiger partial charge in [-0.05, 0) is 37.0 Å². The molecule has 0 radical (unpaired) electrons. The lowest BCUT2D eigenvalue weighted by Gasteiger charge is -2.22. The molecule has 23 heavy (non-hydrogen) atoms. The first-order valence-electron chi connectivity index (χ1n) is 7.76. The van der Waals surface area contributed by atoms with E-state index in [9.17, 15) is 13.5 Å². The van der Waals surface area contributed by atoms with Crippen LogP contribution in [0.25, 0.3) is 0 Å². The van der Waals surface area contributed by atoms with E-state index >= 15 is 0 Å². The predicted molar refractivity (Wildman–Crippen MR) is 89.7 cm³/mol. The quantitative estimate of drug-likeness (QED) is 0.937. The Labute approximate surface area is 137 Å². The lowest BCUT2D eigenvalue weighted by molar-refractivity contribution is 0.213. The number of benzene rings is 2. The van der Waals surface area contributed by atoms with Crippen LogP contribution in [0.4, 0.5) is 0 Å². The van der Waals surface area contributed by atoms with Crippen LogP contribution < -0.4 is 0 Å². The number of sulfonamides is 1. The van der Waals surface area contributed by atoms with Crippen LogP contribution >= 0.6 is 0 Å². The van der Waals surface area contributed by atoms with Gasteiger partial charge in [0.2, 0.25) is 10.0 Å². The number of aryl methyl sites for hydroxylation is 1. The van der Waals surface area contributed by atoms with Gasteiger partial charge in [0, 0.05) is 12.6 Å². The van der Waals surface area contributed by atoms with E-state index in [0.717, 1.165) is 11.1 Å². The molecule has 2 aromatic rings. The van der Waals surface area contributed by atoms with Crippen molar-refractivity contribution in [3.05, 3.63) is 65.7 Å². The van der Waals surface area contributed by atoms with E-state index in [1.165, 1.54) is 4.31 Å². The summed E-state index contributed by atoms with van der Waals surface area (Å²) in [4.78, 5) is 0.287. The third-order valence-electron chi connectivity index (χ3n) is 4.47. The van der Waals surface area contributed by atoms with Crippen molar-refractivity contribution in [2.24, 2.45) is 0 Å². The van der Waals surface area contributed by atoms with Crippen molar-refractivity contribution in [2.75, 3.05) is 13.2 Å². The number of nitrogens with zero attached hydrogens (tertiary/aromatic N) is 1. The van der Waals surface area contributed by atoms with Crippen LogP contribution in [-0.4, -0.2) is 37.0 Å². The zero-order valence-electron chi connectivity index (χ0n) is 13.1. The van der Waals surface area contributed by atoms with E-state index in [4.69, 9.17) is 0 Å². The Bertz CT molecular complexity index is 757. The van der Waals surface area contributed by atoms with Crippen molar-refractivity contribution in [3.8, 4) is 0 Å². The summed E-state index contributed by atoms with van der Waals surface area (Å²) >= 11 is 0. The fourth-order valence-electron chi connectivity index (χ4n) is 3.16. The van der Waals surface area contributed by atoms with Gasteiger partial charge in [-0.3, -0.25) is 0 Å². The molecule has 5 heteroatoms. The zero-order chi connectivity index (χ0) is 16.4. The summed E-state index contributed by atoms with van der Waals surface area (Å²) in [5, 5.41) is 9.65. The molecule has 1 saturated heterocycles. The van der Waals surface area contributed by atoms with Gasteiger partial charge in [0.25, 0.3) is 0 Å². The van der Waals surface area contributed by atoms with Crippen LogP contribution in [-0.2, 0) is 10.0 Å². The van der Waals surface area contributed by atoms with E-state index < -0.39 is 10.0 Å².